The van der Waals surface area contributed by atoms with Gasteiger partial charge in [0.2, 0.25) is 0 Å². The van der Waals surface area contributed by atoms with Crippen molar-refractivity contribution in [1.29, 1.82) is 0 Å². The highest BCUT2D eigenvalue weighted by molar-refractivity contribution is 9.10. The zero-order valence-electron chi connectivity index (χ0n) is 10.9. The number of aromatic nitrogens is 2. The summed E-state index contributed by atoms with van der Waals surface area (Å²) in [6.45, 7) is 2.07. The first-order chi connectivity index (χ1) is 9.69. The third kappa shape index (κ3) is 3.00. The summed E-state index contributed by atoms with van der Waals surface area (Å²) in [6, 6.07) is 3.17. The van der Waals surface area contributed by atoms with Crippen LogP contribution in [0.1, 0.15) is 18.7 Å². The van der Waals surface area contributed by atoms with Gasteiger partial charge in [0.25, 0.3) is 0 Å². The van der Waals surface area contributed by atoms with Gasteiger partial charge in [-0.2, -0.15) is 0 Å². The van der Waals surface area contributed by atoms with Crippen LogP contribution in [0.4, 0.5) is 4.39 Å². The summed E-state index contributed by atoms with van der Waals surface area (Å²) >= 11 is 9.10. The fraction of sp³-hybridized carbons (Fsp3) is 0.500. The molecule has 1 saturated carbocycles. The fourth-order valence-corrected chi connectivity index (χ4v) is 2.75. The smallest absolute Gasteiger partial charge is 0.139 e. The summed E-state index contributed by atoms with van der Waals surface area (Å²) in [5.41, 5.74) is 1.51. The van der Waals surface area contributed by atoms with Crippen LogP contribution in [-0.2, 0) is 17.2 Å². The van der Waals surface area contributed by atoms with E-state index in [1.807, 2.05) is 4.57 Å². The number of alkyl halides is 1. The molecule has 0 saturated heterocycles. The van der Waals surface area contributed by atoms with E-state index in [1.54, 1.807) is 6.07 Å². The van der Waals surface area contributed by atoms with Crippen LogP contribution in [0.25, 0.3) is 11.0 Å². The molecule has 20 heavy (non-hydrogen) atoms. The lowest BCUT2D eigenvalue weighted by atomic mass is 10.3. The Labute approximate surface area is 130 Å². The van der Waals surface area contributed by atoms with Gasteiger partial charge in [-0.05, 0) is 40.8 Å². The molecule has 1 aliphatic carbocycles. The summed E-state index contributed by atoms with van der Waals surface area (Å²) < 4.78 is 21.7. The van der Waals surface area contributed by atoms with Crippen molar-refractivity contribution in [3.63, 3.8) is 0 Å². The fourth-order valence-electron chi connectivity index (χ4n) is 2.21. The van der Waals surface area contributed by atoms with E-state index >= 15 is 0 Å². The predicted molar refractivity (Wildman–Crippen MR) is 80.5 cm³/mol. The largest absolute Gasteiger partial charge is 0.379 e. The van der Waals surface area contributed by atoms with Crippen molar-refractivity contribution >= 4 is 38.6 Å². The van der Waals surface area contributed by atoms with E-state index in [-0.39, 0.29) is 5.82 Å². The summed E-state index contributed by atoms with van der Waals surface area (Å²) in [5.74, 6) is 1.50. The number of rotatable bonds is 6. The van der Waals surface area contributed by atoms with E-state index in [1.165, 1.54) is 18.9 Å². The first kappa shape index (κ1) is 14.3. The van der Waals surface area contributed by atoms with Gasteiger partial charge in [-0.1, -0.05) is 0 Å². The molecular formula is C14H15BrClFN2O. The molecule has 1 heterocycles. The molecule has 0 unspecified atom stereocenters. The quantitative estimate of drug-likeness (QED) is 0.572. The summed E-state index contributed by atoms with van der Waals surface area (Å²) in [6.07, 6.45) is 2.56. The van der Waals surface area contributed by atoms with Crippen LogP contribution >= 0.6 is 27.5 Å². The van der Waals surface area contributed by atoms with Crippen molar-refractivity contribution in [3.05, 3.63) is 28.2 Å². The number of hydrogen-bond acceptors (Lipinski definition) is 2. The second-order valence-electron chi connectivity index (χ2n) is 5.09. The van der Waals surface area contributed by atoms with Crippen molar-refractivity contribution < 1.29 is 9.13 Å². The first-order valence-electron chi connectivity index (χ1n) is 6.67. The van der Waals surface area contributed by atoms with Gasteiger partial charge in [-0.3, -0.25) is 0 Å². The van der Waals surface area contributed by atoms with E-state index in [0.717, 1.165) is 29.4 Å². The lowest BCUT2D eigenvalue weighted by molar-refractivity contribution is 0.117. The zero-order chi connectivity index (χ0) is 14.1. The number of halogens is 3. The molecule has 0 spiro atoms. The maximum atomic E-state index is 13.7. The minimum atomic E-state index is -0.293. The molecule has 0 atom stereocenters. The molecule has 0 amide bonds. The lowest BCUT2D eigenvalue weighted by Crippen LogP contribution is -2.10. The minimum absolute atomic E-state index is 0.293. The second kappa shape index (κ2) is 6.00. The van der Waals surface area contributed by atoms with Crippen LogP contribution in [0.2, 0.25) is 0 Å². The Bertz CT molecular complexity index is 627. The summed E-state index contributed by atoms with van der Waals surface area (Å²) in [4.78, 5) is 4.44. The number of ether oxygens (including phenoxy) is 1. The van der Waals surface area contributed by atoms with Crippen molar-refractivity contribution in [1.82, 2.24) is 9.55 Å². The van der Waals surface area contributed by atoms with E-state index in [2.05, 4.69) is 20.9 Å². The van der Waals surface area contributed by atoms with Crippen LogP contribution in [0.5, 0.6) is 0 Å². The van der Waals surface area contributed by atoms with Crippen LogP contribution in [-0.4, -0.2) is 22.8 Å². The van der Waals surface area contributed by atoms with E-state index in [4.69, 9.17) is 16.3 Å². The first-order valence-corrected chi connectivity index (χ1v) is 7.99. The maximum absolute atomic E-state index is 13.7. The van der Waals surface area contributed by atoms with Crippen LogP contribution in [0.15, 0.2) is 16.6 Å². The molecule has 108 valence electrons. The van der Waals surface area contributed by atoms with E-state index in [9.17, 15) is 4.39 Å². The molecular weight excluding hydrogens is 347 g/mol. The highest BCUT2D eigenvalue weighted by atomic mass is 79.9. The Morgan fingerprint density at radius 3 is 2.95 bits per heavy atom. The molecule has 1 aromatic carbocycles. The Balaban J connectivity index is 1.80. The van der Waals surface area contributed by atoms with Crippen LogP contribution < -0.4 is 0 Å². The SMILES string of the molecule is Fc1cc2c(cc1Br)nc(CCl)n2CCOCC1CC1. The zero-order valence-corrected chi connectivity index (χ0v) is 13.3. The Kier molecular flexibility index (Phi) is 4.29. The van der Waals surface area contributed by atoms with Crippen LogP contribution in [0.3, 0.4) is 0 Å². The minimum Gasteiger partial charge on any atom is -0.379 e. The van der Waals surface area contributed by atoms with Gasteiger partial charge in [0.1, 0.15) is 11.6 Å². The molecule has 0 bridgehead atoms. The van der Waals surface area contributed by atoms with Gasteiger partial charge in [0.15, 0.2) is 0 Å². The lowest BCUT2D eigenvalue weighted by Gasteiger charge is -2.08. The monoisotopic (exact) mass is 360 g/mol. The standard InChI is InChI=1S/C14H15BrClFN2O/c15-10-5-12-13(6-11(10)17)19(14(7-16)18-12)3-4-20-8-9-1-2-9/h5-6,9H,1-4,7-8H2. The van der Waals surface area contributed by atoms with E-state index < -0.39 is 0 Å². The number of benzene rings is 1. The van der Waals surface area contributed by atoms with Gasteiger partial charge in [0.05, 0.1) is 28.0 Å². The third-order valence-corrected chi connectivity index (χ3v) is 4.35. The number of hydrogen-bond donors (Lipinski definition) is 0. The van der Waals surface area contributed by atoms with Gasteiger partial charge in [-0.15, -0.1) is 11.6 Å². The average Bonchev–Trinajstić information content (AvgIpc) is 3.19. The maximum Gasteiger partial charge on any atom is 0.139 e. The highest BCUT2D eigenvalue weighted by Crippen LogP contribution is 2.29. The number of nitrogens with zero attached hydrogens (tertiary/aromatic N) is 2. The molecule has 2 aromatic rings. The Morgan fingerprint density at radius 2 is 2.25 bits per heavy atom. The Morgan fingerprint density at radius 1 is 1.45 bits per heavy atom. The molecule has 3 nitrogen and oxygen atoms in total. The molecule has 6 heteroatoms. The Hall–Kier alpha value is -0.650. The molecule has 3 rings (SSSR count). The van der Waals surface area contributed by atoms with Gasteiger partial charge >= 0.3 is 0 Å². The van der Waals surface area contributed by atoms with Crippen LogP contribution in [0, 0.1) is 11.7 Å². The topological polar surface area (TPSA) is 27.1 Å². The normalized spacial score (nSPS) is 15.2. The molecule has 0 radical (unpaired) electrons. The number of imidazole rings is 1. The van der Waals surface area contributed by atoms with Gasteiger partial charge in [-0.25, -0.2) is 9.37 Å². The second-order valence-corrected chi connectivity index (χ2v) is 6.21. The summed E-state index contributed by atoms with van der Waals surface area (Å²) in [7, 11) is 0. The van der Waals surface area contributed by atoms with Crippen molar-refractivity contribution in [2.75, 3.05) is 13.2 Å². The molecule has 1 aliphatic rings. The molecule has 1 fully saturated rings. The highest BCUT2D eigenvalue weighted by Gasteiger charge is 2.21. The van der Waals surface area contributed by atoms with Crippen molar-refractivity contribution in [3.8, 4) is 0 Å². The van der Waals surface area contributed by atoms with Gasteiger partial charge in [0, 0.05) is 19.2 Å². The van der Waals surface area contributed by atoms with E-state index in [0.29, 0.717) is 23.5 Å². The summed E-state index contributed by atoms with van der Waals surface area (Å²) in [5, 5.41) is 0. The van der Waals surface area contributed by atoms with Gasteiger partial charge < -0.3 is 9.30 Å². The van der Waals surface area contributed by atoms with Crippen molar-refractivity contribution in [2.24, 2.45) is 5.92 Å². The third-order valence-electron chi connectivity index (χ3n) is 3.50. The average molecular weight is 362 g/mol. The number of fused-ring (bicyclic) bond motifs is 1. The molecule has 1 aromatic heterocycles. The van der Waals surface area contributed by atoms with Crippen molar-refractivity contribution in [2.45, 2.75) is 25.3 Å². The molecule has 0 aliphatic heterocycles. The predicted octanol–water partition coefficient (Wildman–Crippen LogP) is 4.10. The molecule has 0 N–H and O–H groups in total.